The first-order chi connectivity index (χ1) is 7.43. The Hall–Kier alpha value is -0.720. The van der Waals surface area contributed by atoms with E-state index >= 15 is 0 Å². The number of nitrogens with zero attached hydrogens (tertiary/aromatic N) is 3. The maximum absolute atomic E-state index is 12.4. The fourth-order valence-corrected chi connectivity index (χ4v) is 1.51. The summed E-state index contributed by atoms with van der Waals surface area (Å²) in [4.78, 5) is 1.88. The lowest BCUT2D eigenvalue weighted by Gasteiger charge is -2.15. The van der Waals surface area contributed by atoms with Crippen molar-refractivity contribution in [3.63, 3.8) is 0 Å². The minimum atomic E-state index is -2.87. The van der Waals surface area contributed by atoms with Gasteiger partial charge in [0.05, 0.1) is 23.5 Å². The summed E-state index contributed by atoms with van der Waals surface area (Å²) < 4.78 is 26.1. The van der Waals surface area contributed by atoms with Crippen LogP contribution in [0.3, 0.4) is 0 Å². The smallest absolute Gasteiger partial charge is 0.269 e. The van der Waals surface area contributed by atoms with Crippen molar-refractivity contribution in [2.75, 3.05) is 20.6 Å². The quantitative estimate of drug-likeness (QED) is 0.862. The summed E-state index contributed by atoms with van der Waals surface area (Å²) in [6.45, 7) is 1.03. The van der Waals surface area contributed by atoms with Gasteiger partial charge >= 0.3 is 0 Å². The number of alkyl halides is 2. The summed E-state index contributed by atoms with van der Waals surface area (Å²) in [6.07, 6.45) is -3.50. The van der Waals surface area contributed by atoms with E-state index < -0.39 is 12.5 Å². The first kappa shape index (κ1) is 13.3. The van der Waals surface area contributed by atoms with Gasteiger partial charge in [0.1, 0.15) is 0 Å². The topological polar surface area (TPSA) is 41.3 Å². The molecule has 0 saturated heterocycles. The van der Waals surface area contributed by atoms with E-state index in [9.17, 15) is 13.9 Å². The molecular formula is C9H14ClF2N3O. The molecule has 16 heavy (non-hydrogen) atoms. The number of rotatable bonds is 5. The predicted octanol–water partition coefficient (Wildman–Crippen LogP) is 1.40. The van der Waals surface area contributed by atoms with Gasteiger partial charge in [0.15, 0.2) is 6.10 Å². The Morgan fingerprint density at radius 1 is 1.56 bits per heavy atom. The molecule has 0 aromatic carbocycles. The Bertz CT molecular complexity index is 343. The minimum absolute atomic E-state index is 0.0292. The lowest BCUT2D eigenvalue weighted by atomic mass is 10.2. The van der Waals surface area contributed by atoms with Gasteiger partial charge in [-0.1, -0.05) is 11.6 Å². The van der Waals surface area contributed by atoms with E-state index in [-0.39, 0.29) is 10.7 Å². The first-order valence-corrected chi connectivity index (χ1v) is 5.13. The van der Waals surface area contributed by atoms with Gasteiger partial charge in [-0.2, -0.15) is 5.10 Å². The van der Waals surface area contributed by atoms with Crippen LogP contribution < -0.4 is 0 Å². The first-order valence-electron chi connectivity index (χ1n) is 4.75. The summed E-state index contributed by atoms with van der Waals surface area (Å²) in [5, 5.41) is 13.2. The number of aliphatic hydroxyl groups excluding tert-OH is 1. The summed E-state index contributed by atoms with van der Waals surface area (Å²) in [6, 6.07) is 0. The average molecular weight is 254 g/mol. The Labute approximate surface area is 97.4 Å². The zero-order valence-corrected chi connectivity index (χ0v) is 9.82. The van der Waals surface area contributed by atoms with Gasteiger partial charge in [0, 0.05) is 6.54 Å². The molecule has 0 amide bonds. The van der Waals surface area contributed by atoms with Crippen molar-refractivity contribution in [2.45, 2.75) is 19.1 Å². The van der Waals surface area contributed by atoms with Crippen LogP contribution in [-0.2, 0) is 6.54 Å². The van der Waals surface area contributed by atoms with Crippen LogP contribution in [0.2, 0.25) is 5.02 Å². The molecule has 0 fully saturated rings. The number of aromatic nitrogens is 2. The molecule has 0 bridgehead atoms. The number of aliphatic hydroxyl groups is 1. The van der Waals surface area contributed by atoms with E-state index in [0.29, 0.717) is 13.1 Å². The van der Waals surface area contributed by atoms with Gasteiger partial charge in [-0.15, -0.1) is 0 Å². The summed E-state index contributed by atoms with van der Waals surface area (Å²) >= 11 is 5.71. The van der Waals surface area contributed by atoms with Gasteiger partial charge in [-0.3, -0.25) is 4.68 Å². The van der Waals surface area contributed by atoms with Crippen LogP contribution in [-0.4, -0.2) is 46.9 Å². The van der Waals surface area contributed by atoms with E-state index in [1.54, 1.807) is 0 Å². The molecule has 0 radical (unpaired) electrons. The van der Waals surface area contributed by atoms with Crippen LogP contribution in [0, 0.1) is 0 Å². The molecule has 0 saturated carbocycles. The van der Waals surface area contributed by atoms with Gasteiger partial charge in [0.2, 0.25) is 0 Å². The van der Waals surface area contributed by atoms with Gasteiger partial charge in [-0.25, -0.2) is 8.78 Å². The van der Waals surface area contributed by atoms with Crippen LogP contribution in [0.5, 0.6) is 0 Å². The van der Waals surface area contributed by atoms with Gasteiger partial charge in [-0.05, 0) is 14.1 Å². The van der Waals surface area contributed by atoms with Crippen LogP contribution in [0.25, 0.3) is 0 Å². The molecule has 92 valence electrons. The monoisotopic (exact) mass is 253 g/mol. The lowest BCUT2D eigenvalue weighted by Crippen LogP contribution is -2.22. The molecule has 0 aliphatic heterocycles. The molecule has 4 nitrogen and oxygen atoms in total. The van der Waals surface area contributed by atoms with Crippen molar-refractivity contribution in [1.82, 2.24) is 14.7 Å². The second kappa shape index (κ2) is 5.56. The number of hydrogen-bond donors (Lipinski definition) is 1. The van der Waals surface area contributed by atoms with E-state index in [0.717, 1.165) is 0 Å². The SMILES string of the molecule is CN(C)CCn1ncc(Cl)c1C(O)C(F)F. The van der Waals surface area contributed by atoms with Crippen molar-refractivity contribution in [1.29, 1.82) is 0 Å². The molecule has 1 aromatic heterocycles. The molecule has 1 heterocycles. The molecule has 1 rings (SSSR count). The maximum atomic E-state index is 12.4. The van der Waals surface area contributed by atoms with Crippen molar-refractivity contribution < 1.29 is 13.9 Å². The number of halogens is 3. The van der Waals surface area contributed by atoms with Crippen molar-refractivity contribution in [2.24, 2.45) is 0 Å². The molecule has 0 aliphatic carbocycles. The van der Waals surface area contributed by atoms with Crippen LogP contribution in [0.1, 0.15) is 11.8 Å². The number of likely N-dealkylation sites (N-methyl/N-ethyl adjacent to an activating group) is 1. The zero-order chi connectivity index (χ0) is 12.3. The molecule has 1 aromatic rings. The second-order valence-electron chi connectivity index (χ2n) is 3.68. The molecule has 1 N–H and O–H groups in total. The molecule has 7 heteroatoms. The third-order valence-corrected chi connectivity index (χ3v) is 2.40. The molecule has 0 spiro atoms. The van der Waals surface area contributed by atoms with E-state index in [2.05, 4.69) is 5.10 Å². The Morgan fingerprint density at radius 3 is 2.69 bits per heavy atom. The third-order valence-electron chi connectivity index (χ3n) is 2.11. The molecule has 1 atom stereocenters. The highest BCUT2D eigenvalue weighted by atomic mass is 35.5. The fraction of sp³-hybridized carbons (Fsp3) is 0.667. The molecular weight excluding hydrogens is 240 g/mol. The highest BCUT2D eigenvalue weighted by Gasteiger charge is 2.26. The Morgan fingerprint density at radius 2 is 2.19 bits per heavy atom. The van der Waals surface area contributed by atoms with Crippen LogP contribution in [0.15, 0.2) is 6.20 Å². The fourth-order valence-electron chi connectivity index (χ4n) is 1.26. The van der Waals surface area contributed by atoms with Crippen LogP contribution >= 0.6 is 11.6 Å². The average Bonchev–Trinajstić information content (AvgIpc) is 2.55. The highest BCUT2D eigenvalue weighted by Crippen LogP contribution is 2.27. The predicted molar refractivity (Wildman–Crippen MR) is 56.8 cm³/mol. The Kier molecular flexibility index (Phi) is 4.64. The molecule has 0 aliphatic rings. The number of hydrogen-bond acceptors (Lipinski definition) is 3. The summed E-state index contributed by atoms with van der Waals surface area (Å²) in [5.41, 5.74) is -0.0292. The van der Waals surface area contributed by atoms with Gasteiger partial charge in [0.25, 0.3) is 6.43 Å². The highest BCUT2D eigenvalue weighted by molar-refractivity contribution is 6.31. The van der Waals surface area contributed by atoms with E-state index in [4.69, 9.17) is 11.6 Å². The zero-order valence-electron chi connectivity index (χ0n) is 9.07. The van der Waals surface area contributed by atoms with Crippen molar-refractivity contribution in [3.05, 3.63) is 16.9 Å². The molecule has 1 unspecified atom stereocenters. The third kappa shape index (κ3) is 3.13. The van der Waals surface area contributed by atoms with E-state index in [1.165, 1.54) is 10.9 Å². The lowest BCUT2D eigenvalue weighted by molar-refractivity contribution is -0.0109. The van der Waals surface area contributed by atoms with Gasteiger partial charge < -0.3 is 10.0 Å². The normalized spacial score (nSPS) is 13.8. The second-order valence-corrected chi connectivity index (χ2v) is 4.09. The summed E-state index contributed by atoms with van der Waals surface area (Å²) in [7, 11) is 3.71. The van der Waals surface area contributed by atoms with E-state index in [1.807, 2.05) is 19.0 Å². The largest absolute Gasteiger partial charge is 0.381 e. The van der Waals surface area contributed by atoms with Crippen LogP contribution in [0.4, 0.5) is 8.78 Å². The van der Waals surface area contributed by atoms with Crippen molar-refractivity contribution in [3.8, 4) is 0 Å². The minimum Gasteiger partial charge on any atom is -0.381 e. The Balaban J connectivity index is 2.85. The maximum Gasteiger partial charge on any atom is 0.269 e. The standard InChI is InChI=1S/C9H14ClF2N3O/c1-14(2)3-4-15-7(6(10)5-13-15)8(16)9(11)12/h5,8-9,16H,3-4H2,1-2H3. The van der Waals surface area contributed by atoms with Crippen molar-refractivity contribution >= 4 is 11.6 Å². The summed E-state index contributed by atoms with van der Waals surface area (Å²) in [5.74, 6) is 0.